The second-order valence-electron chi connectivity index (χ2n) is 7.29. The molecule has 0 saturated carbocycles. The van der Waals surface area contributed by atoms with Crippen molar-refractivity contribution >= 4 is 23.2 Å². The summed E-state index contributed by atoms with van der Waals surface area (Å²) < 4.78 is 0. The van der Waals surface area contributed by atoms with E-state index in [9.17, 15) is 4.79 Å². The highest BCUT2D eigenvalue weighted by molar-refractivity contribution is 6.31. The van der Waals surface area contributed by atoms with Crippen LogP contribution in [0.1, 0.15) is 29.7 Å². The van der Waals surface area contributed by atoms with Crippen LogP contribution in [-0.2, 0) is 4.79 Å². The quantitative estimate of drug-likeness (QED) is 0.846. The first-order valence-corrected chi connectivity index (χ1v) is 9.91. The van der Waals surface area contributed by atoms with Crippen molar-refractivity contribution in [1.29, 1.82) is 0 Å². The average Bonchev–Trinajstić information content (AvgIpc) is 2.65. The number of aryl methyl sites for hydroxylation is 1. The van der Waals surface area contributed by atoms with Crippen LogP contribution in [0.3, 0.4) is 0 Å². The molecule has 0 aromatic heterocycles. The van der Waals surface area contributed by atoms with Gasteiger partial charge in [0.15, 0.2) is 0 Å². The minimum Gasteiger partial charge on any atom is -0.369 e. The molecule has 2 aromatic rings. The van der Waals surface area contributed by atoms with E-state index in [1.807, 2.05) is 31.2 Å². The molecule has 4 nitrogen and oxygen atoms in total. The van der Waals surface area contributed by atoms with Crippen LogP contribution >= 0.6 is 11.6 Å². The number of carbonyl (C=O) groups is 1. The Hall–Kier alpha value is -2.04. The maximum Gasteiger partial charge on any atom is 0.234 e. The Morgan fingerprint density at radius 2 is 1.78 bits per heavy atom. The van der Waals surface area contributed by atoms with Crippen LogP contribution in [0, 0.1) is 13.8 Å². The van der Waals surface area contributed by atoms with Crippen molar-refractivity contribution in [3.63, 3.8) is 0 Å². The number of amides is 1. The highest BCUT2D eigenvalue weighted by Crippen LogP contribution is 2.24. The van der Waals surface area contributed by atoms with E-state index in [0.717, 1.165) is 31.7 Å². The van der Waals surface area contributed by atoms with Gasteiger partial charge in [-0.2, -0.15) is 0 Å². The zero-order valence-corrected chi connectivity index (χ0v) is 17.1. The lowest BCUT2D eigenvalue weighted by atomic mass is 10.1. The molecule has 1 aliphatic rings. The fraction of sp³-hybridized carbons (Fsp3) is 0.409. The third-order valence-corrected chi connectivity index (χ3v) is 5.75. The average molecular weight is 386 g/mol. The van der Waals surface area contributed by atoms with E-state index in [1.165, 1.54) is 16.8 Å². The summed E-state index contributed by atoms with van der Waals surface area (Å²) in [4.78, 5) is 17.1. The summed E-state index contributed by atoms with van der Waals surface area (Å²) in [6, 6.07) is 14.0. The van der Waals surface area contributed by atoms with Gasteiger partial charge in [-0.25, -0.2) is 0 Å². The maximum atomic E-state index is 12.4. The van der Waals surface area contributed by atoms with Crippen LogP contribution in [-0.4, -0.2) is 43.5 Å². The fourth-order valence-corrected chi connectivity index (χ4v) is 3.92. The lowest BCUT2D eigenvalue weighted by Crippen LogP contribution is -2.49. The lowest BCUT2D eigenvalue weighted by Gasteiger charge is -2.36. The number of benzene rings is 2. The highest BCUT2D eigenvalue weighted by atomic mass is 35.5. The van der Waals surface area contributed by atoms with E-state index >= 15 is 0 Å². The predicted molar refractivity (Wildman–Crippen MR) is 113 cm³/mol. The second kappa shape index (κ2) is 8.77. The Balaban J connectivity index is 1.51. The summed E-state index contributed by atoms with van der Waals surface area (Å²) in [6.45, 7) is 10.4. The Morgan fingerprint density at radius 3 is 2.48 bits per heavy atom. The number of hydrogen-bond donors (Lipinski definition) is 1. The molecule has 0 unspecified atom stereocenters. The molecule has 1 atom stereocenters. The van der Waals surface area contributed by atoms with E-state index < -0.39 is 0 Å². The fourth-order valence-electron chi connectivity index (χ4n) is 3.62. The number of hydrogen-bond acceptors (Lipinski definition) is 3. The molecule has 2 aromatic carbocycles. The SMILES string of the molecule is Cc1cccc(N2CCN(CC(=O)N[C@H](C)c3ccccc3Cl)CC2)c1C. The summed E-state index contributed by atoms with van der Waals surface area (Å²) in [5.41, 5.74) is 4.93. The van der Waals surface area contributed by atoms with Crippen LogP contribution in [0.2, 0.25) is 5.02 Å². The van der Waals surface area contributed by atoms with E-state index in [1.54, 1.807) is 0 Å². The first-order valence-electron chi connectivity index (χ1n) is 9.53. The lowest BCUT2D eigenvalue weighted by molar-refractivity contribution is -0.123. The number of anilines is 1. The van der Waals surface area contributed by atoms with Crippen molar-refractivity contribution < 1.29 is 4.79 Å². The summed E-state index contributed by atoms with van der Waals surface area (Å²) in [6.07, 6.45) is 0. The van der Waals surface area contributed by atoms with Gasteiger partial charge in [0.25, 0.3) is 0 Å². The Labute approximate surface area is 167 Å². The summed E-state index contributed by atoms with van der Waals surface area (Å²) in [5, 5.41) is 3.75. The van der Waals surface area contributed by atoms with Gasteiger partial charge in [0.1, 0.15) is 0 Å². The molecular formula is C22H28ClN3O. The van der Waals surface area contributed by atoms with Crippen LogP contribution in [0.5, 0.6) is 0 Å². The molecule has 1 aliphatic heterocycles. The normalized spacial score (nSPS) is 16.2. The molecule has 1 amide bonds. The second-order valence-corrected chi connectivity index (χ2v) is 7.70. The molecule has 1 N–H and O–H groups in total. The molecule has 0 aliphatic carbocycles. The van der Waals surface area contributed by atoms with Gasteiger partial charge in [0, 0.05) is 36.9 Å². The summed E-state index contributed by atoms with van der Waals surface area (Å²) >= 11 is 6.23. The third kappa shape index (κ3) is 4.82. The van der Waals surface area contributed by atoms with Gasteiger partial charge in [0.2, 0.25) is 5.91 Å². The van der Waals surface area contributed by atoms with Gasteiger partial charge in [0.05, 0.1) is 12.6 Å². The molecule has 0 spiro atoms. The third-order valence-electron chi connectivity index (χ3n) is 5.41. The minimum absolute atomic E-state index is 0.0441. The number of rotatable bonds is 5. The van der Waals surface area contributed by atoms with Gasteiger partial charge in [-0.05, 0) is 49.6 Å². The number of nitrogens with one attached hydrogen (secondary N) is 1. The first-order chi connectivity index (χ1) is 13.0. The number of halogens is 1. The van der Waals surface area contributed by atoms with Gasteiger partial charge >= 0.3 is 0 Å². The zero-order chi connectivity index (χ0) is 19.4. The minimum atomic E-state index is -0.0950. The molecule has 5 heteroatoms. The van der Waals surface area contributed by atoms with Crippen LogP contribution < -0.4 is 10.2 Å². The van der Waals surface area contributed by atoms with E-state index in [2.05, 4.69) is 47.2 Å². The Kier molecular flexibility index (Phi) is 6.40. The molecule has 1 fully saturated rings. The van der Waals surface area contributed by atoms with Crippen molar-refractivity contribution in [2.24, 2.45) is 0 Å². The van der Waals surface area contributed by atoms with Crippen LogP contribution in [0.15, 0.2) is 42.5 Å². The van der Waals surface area contributed by atoms with Crippen molar-refractivity contribution in [1.82, 2.24) is 10.2 Å². The number of nitrogens with zero attached hydrogens (tertiary/aromatic N) is 2. The van der Waals surface area contributed by atoms with E-state index in [4.69, 9.17) is 11.6 Å². The standard InChI is InChI=1S/C22H28ClN3O/c1-16-7-6-10-21(17(16)2)26-13-11-25(12-14-26)15-22(27)24-18(3)19-8-4-5-9-20(19)23/h4-10,18H,11-15H2,1-3H3,(H,24,27)/t18-/m1/s1. The van der Waals surface area contributed by atoms with Crippen molar-refractivity contribution in [3.05, 3.63) is 64.2 Å². The zero-order valence-electron chi connectivity index (χ0n) is 16.3. The van der Waals surface area contributed by atoms with Gasteiger partial charge in [-0.15, -0.1) is 0 Å². The van der Waals surface area contributed by atoms with E-state index in [-0.39, 0.29) is 11.9 Å². The van der Waals surface area contributed by atoms with Gasteiger partial charge < -0.3 is 10.2 Å². The number of piperazine rings is 1. The Bertz CT molecular complexity index is 800. The molecule has 144 valence electrons. The molecular weight excluding hydrogens is 358 g/mol. The predicted octanol–water partition coefficient (Wildman–Crippen LogP) is 3.96. The molecule has 27 heavy (non-hydrogen) atoms. The summed E-state index contributed by atoms with van der Waals surface area (Å²) in [7, 11) is 0. The van der Waals surface area contributed by atoms with Crippen molar-refractivity contribution in [3.8, 4) is 0 Å². The monoisotopic (exact) mass is 385 g/mol. The van der Waals surface area contributed by atoms with Crippen LogP contribution in [0.4, 0.5) is 5.69 Å². The topological polar surface area (TPSA) is 35.6 Å². The largest absolute Gasteiger partial charge is 0.369 e. The maximum absolute atomic E-state index is 12.4. The number of carbonyl (C=O) groups excluding carboxylic acids is 1. The van der Waals surface area contributed by atoms with Crippen molar-refractivity contribution in [2.45, 2.75) is 26.8 Å². The molecule has 1 saturated heterocycles. The van der Waals surface area contributed by atoms with Gasteiger partial charge in [-0.3, -0.25) is 9.69 Å². The molecule has 1 heterocycles. The van der Waals surface area contributed by atoms with E-state index in [0.29, 0.717) is 11.6 Å². The Morgan fingerprint density at radius 1 is 1.07 bits per heavy atom. The molecule has 3 rings (SSSR count). The smallest absolute Gasteiger partial charge is 0.234 e. The molecule has 0 bridgehead atoms. The van der Waals surface area contributed by atoms with Crippen LogP contribution in [0.25, 0.3) is 0 Å². The summed E-state index contributed by atoms with van der Waals surface area (Å²) in [5.74, 6) is 0.0441. The molecule has 0 radical (unpaired) electrons. The first kappa shape index (κ1) is 19.7. The van der Waals surface area contributed by atoms with Crippen molar-refractivity contribution in [2.75, 3.05) is 37.6 Å². The van der Waals surface area contributed by atoms with Gasteiger partial charge in [-0.1, -0.05) is 41.9 Å². The highest BCUT2D eigenvalue weighted by Gasteiger charge is 2.21.